The Bertz CT molecular complexity index is 517. The van der Waals surface area contributed by atoms with Gasteiger partial charge >= 0.3 is 0 Å². The van der Waals surface area contributed by atoms with Gasteiger partial charge in [-0.3, -0.25) is 0 Å². The van der Waals surface area contributed by atoms with E-state index in [9.17, 15) is 8.42 Å². The van der Waals surface area contributed by atoms with Crippen molar-refractivity contribution in [2.75, 3.05) is 25.1 Å². The monoisotopic (exact) mass is 453 g/mol. The lowest BCUT2D eigenvalue weighted by atomic mass is 10.4. The summed E-state index contributed by atoms with van der Waals surface area (Å²) >= 11 is 18.2. The average Bonchev–Trinajstić information content (AvgIpc) is 2.26. The number of sulfonamides is 1. The number of halogens is 4. The van der Waals surface area contributed by atoms with Gasteiger partial charge in [0.15, 0.2) is 0 Å². The fourth-order valence-corrected chi connectivity index (χ4v) is 4.44. The van der Waals surface area contributed by atoms with Crippen molar-refractivity contribution < 1.29 is 13.2 Å². The lowest BCUT2D eigenvalue weighted by molar-refractivity contribution is 0.156. The van der Waals surface area contributed by atoms with Gasteiger partial charge in [0.05, 0.1) is 23.3 Å². The molecule has 0 saturated heterocycles. The summed E-state index contributed by atoms with van der Waals surface area (Å²) in [6, 6.07) is 2.95. The molecular weight excluding hydrogens is 445 g/mol. The van der Waals surface area contributed by atoms with E-state index in [4.69, 9.17) is 27.9 Å². The lowest BCUT2D eigenvalue weighted by Crippen LogP contribution is -2.28. The van der Waals surface area contributed by atoms with Crippen molar-refractivity contribution in [3.8, 4) is 0 Å². The Balaban J connectivity index is 2.78. The smallest absolute Gasteiger partial charge is 0.243 e. The summed E-state index contributed by atoms with van der Waals surface area (Å²) in [7, 11) is -3.75. The van der Waals surface area contributed by atoms with E-state index in [-0.39, 0.29) is 28.1 Å². The maximum atomic E-state index is 12.1. The van der Waals surface area contributed by atoms with Crippen LogP contribution < -0.4 is 4.72 Å². The molecule has 19 heavy (non-hydrogen) atoms. The number of alkyl halides is 1. The van der Waals surface area contributed by atoms with Crippen molar-refractivity contribution in [2.24, 2.45) is 0 Å². The molecule has 108 valence electrons. The SMILES string of the molecule is O=S(=O)(NCCOCCBr)c1c(Cl)cc(Br)cc1Cl. The standard InChI is InChI=1S/C10H11Br2Cl2NO3S/c11-1-3-18-4-2-15-19(16,17)10-8(13)5-7(12)6-9(10)14/h5-6,15H,1-4H2. The normalized spacial score (nSPS) is 11.8. The van der Waals surface area contributed by atoms with E-state index in [2.05, 4.69) is 36.6 Å². The summed E-state index contributed by atoms with van der Waals surface area (Å²) < 4.78 is 32.3. The van der Waals surface area contributed by atoms with Crippen LogP contribution in [0, 0.1) is 0 Å². The van der Waals surface area contributed by atoms with Crippen LogP contribution in [-0.2, 0) is 14.8 Å². The molecule has 0 aliphatic carbocycles. The Labute approximate surface area is 139 Å². The lowest BCUT2D eigenvalue weighted by Gasteiger charge is -2.10. The van der Waals surface area contributed by atoms with Crippen LogP contribution in [0.3, 0.4) is 0 Å². The van der Waals surface area contributed by atoms with Gasteiger partial charge in [0, 0.05) is 16.3 Å². The van der Waals surface area contributed by atoms with Gasteiger partial charge in [-0.05, 0) is 12.1 Å². The van der Waals surface area contributed by atoms with Crippen LogP contribution in [0.15, 0.2) is 21.5 Å². The van der Waals surface area contributed by atoms with Crippen LogP contribution >= 0.6 is 55.1 Å². The second-order valence-corrected chi connectivity index (χ2v) is 7.62. The van der Waals surface area contributed by atoms with Gasteiger partial charge in [0.1, 0.15) is 4.90 Å². The van der Waals surface area contributed by atoms with Crippen molar-refractivity contribution in [3.05, 3.63) is 26.7 Å². The predicted molar refractivity (Wildman–Crippen MR) is 84.0 cm³/mol. The number of hydrogen-bond donors (Lipinski definition) is 1. The molecule has 0 amide bonds. The van der Waals surface area contributed by atoms with Crippen molar-refractivity contribution in [1.82, 2.24) is 4.72 Å². The van der Waals surface area contributed by atoms with Gasteiger partial charge in [-0.1, -0.05) is 55.1 Å². The first kappa shape index (κ1) is 17.7. The van der Waals surface area contributed by atoms with E-state index in [1.54, 1.807) is 0 Å². The van der Waals surface area contributed by atoms with Gasteiger partial charge < -0.3 is 4.74 Å². The first-order valence-electron chi connectivity index (χ1n) is 5.16. The Morgan fingerprint density at radius 2 is 1.79 bits per heavy atom. The van der Waals surface area contributed by atoms with Crippen LogP contribution in [0.4, 0.5) is 0 Å². The Kier molecular flexibility index (Phi) is 7.60. The molecule has 0 spiro atoms. The molecule has 1 aromatic carbocycles. The number of benzene rings is 1. The van der Waals surface area contributed by atoms with Gasteiger partial charge in [-0.2, -0.15) is 0 Å². The van der Waals surface area contributed by atoms with Crippen LogP contribution in [0.5, 0.6) is 0 Å². The van der Waals surface area contributed by atoms with E-state index in [0.717, 1.165) is 0 Å². The molecule has 0 aliphatic rings. The molecule has 0 radical (unpaired) electrons. The fraction of sp³-hybridized carbons (Fsp3) is 0.400. The van der Waals surface area contributed by atoms with Gasteiger partial charge in [0.2, 0.25) is 10.0 Å². The Hall–Kier alpha value is 0.630. The summed E-state index contributed by atoms with van der Waals surface area (Å²) in [6.45, 7) is 0.941. The molecule has 0 saturated carbocycles. The van der Waals surface area contributed by atoms with Crippen LogP contribution in [0.1, 0.15) is 0 Å². The molecule has 0 heterocycles. The summed E-state index contributed by atoms with van der Waals surface area (Å²) in [5, 5.41) is 0.825. The van der Waals surface area contributed by atoms with Crippen molar-refractivity contribution in [1.29, 1.82) is 0 Å². The third-order valence-corrected chi connectivity index (χ3v) is 5.16. The van der Waals surface area contributed by atoms with E-state index in [1.165, 1.54) is 12.1 Å². The first-order valence-corrected chi connectivity index (χ1v) is 9.31. The minimum absolute atomic E-state index is 0.0632. The molecule has 0 aliphatic heterocycles. The van der Waals surface area contributed by atoms with Crippen LogP contribution in [-0.4, -0.2) is 33.5 Å². The maximum absolute atomic E-state index is 12.1. The summed E-state index contributed by atoms with van der Waals surface area (Å²) in [4.78, 5) is -0.125. The number of hydrogen-bond acceptors (Lipinski definition) is 3. The number of nitrogens with one attached hydrogen (secondary N) is 1. The zero-order valence-corrected chi connectivity index (χ0v) is 15.1. The summed E-state index contributed by atoms with van der Waals surface area (Å²) in [5.74, 6) is 0. The molecule has 1 aromatic rings. The third kappa shape index (κ3) is 5.49. The molecule has 9 heteroatoms. The second kappa shape index (κ2) is 8.17. The van der Waals surface area contributed by atoms with Crippen molar-refractivity contribution in [3.63, 3.8) is 0 Å². The molecule has 1 N–H and O–H groups in total. The predicted octanol–water partition coefficient (Wildman–Crippen LogP) is 3.45. The highest BCUT2D eigenvalue weighted by Gasteiger charge is 2.21. The van der Waals surface area contributed by atoms with E-state index >= 15 is 0 Å². The topological polar surface area (TPSA) is 55.4 Å². The summed E-state index contributed by atoms with van der Waals surface area (Å²) in [6.07, 6.45) is 0. The minimum atomic E-state index is -3.75. The highest BCUT2D eigenvalue weighted by atomic mass is 79.9. The molecule has 0 fully saturated rings. The minimum Gasteiger partial charge on any atom is -0.379 e. The summed E-state index contributed by atoms with van der Waals surface area (Å²) in [5.41, 5.74) is 0. The van der Waals surface area contributed by atoms with Gasteiger partial charge in [-0.25, -0.2) is 13.1 Å². The van der Waals surface area contributed by atoms with Crippen LogP contribution in [0.2, 0.25) is 10.0 Å². The number of ether oxygens (including phenoxy) is 1. The zero-order chi connectivity index (χ0) is 14.5. The fourth-order valence-electron chi connectivity index (χ4n) is 1.26. The maximum Gasteiger partial charge on any atom is 0.243 e. The Morgan fingerprint density at radius 3 is 2.32 bits per heavy atom. The first-order chi connectivity index (χ1) is 8.88. The van der Waals surface area contributed by atoms with Crippen LogP contribution in [0.25, 0.3) is 0 Å². The highest BCUT2D eigenvalue weighted by Crippen LogP contribution is 2.32. The molecule has 4 nitrogen and oxygen atoms in total. The average molecular weight is 456 g/mol. The van der Waals surface area contributed by atoms with Gasteiger partial charge in [-0.15, -0.1) is 0 Å². The molecule has 0 aromatic heterocycles. The highest BCUT2D eigenvalue weighted by molar-refractivity contribution is 9.10. The Morgan fingerprint density at radius 1 is 1.21 bits per heavy atom. The molecule has 1 rings (SSSR count). The van der Waals surface area contributed by atoms with E-state index in [0.29, 0.717) is 16.4 Å². The van der Waals surface area contributed by atoms with Gasteiger partial charge in [0.25, 0.3) is 0 Å². The molecule has 0 unspecified atom stereocenters. The van der Waals surface area contributed by atoms with Crippen molar-refractivity contribution in [2.45, 2.75) is 4.90 Å². The molecule has 0 bridgehead atoms. The zero-order valence-electron chi connectivity index (χ0n) is 9.63. The molecule has 0 atom stereocenters. The number of rotatable bonds is 7. The quantitative estimate of drug-likeness (QED) is 0.506. The van der Waals surface area contributed by atoms with Crippen molar-refractivity contribution >= 4 is 65.1 Å². The largest absolute Gasteiger partial charge is 0.379 e. The second-order valence-electron chi connectivity index (χ2n) is 3.40. The molecular formula is C10H11Br2Cl2NO3S. The van der Waals surface area contributed by atoms with E-state index < -0.39 is 10.0 Å². The third-order valence-electron chi connectivity index (χ3n) is 1.99. The van der Waals surface area contributed by atoms with E-state index in [1.807, 2.05) is 0 Å².